The van der Waals surface area contributed by atoms with E-state index in [0.29, 0.717) is 17.6 Å². The molecule has 1 amide bonds. The lowest BCUT2D eigenvalue weighted by atomic mass is 9.66. The summed E-state index contributed by atoms with van der Waals surface area (Å²) in [4.78, 5) is 16.6. The predicted molar refractivity (Wildman–Crippen MR) is 150 cm³/mol. The second-order valence-electron chi connectivity index (χ2n) is 10.6. The van der Waals surface area contributed by atoms with Gasteiger partial charge in [-0.15, -0.1) is 18.2 Å². The quantitative estimate of drug-likeness (QED) is 0.241. The third-order valence-corrected chi connectivity index (χ3v) is 8.88. The van der Waals surface area contributed by atoms with Crippen molar-refractivity contribution in [3.63, 3.8) is 0 Å². The van der Waals surface area contributed by atoms with E-state index < -0.39 is 5.41 Å². The number of allylic oxidation sites excluding steroid dienone is 3. The molecule has 0 radical (unpaired) electrons. The van der Waals surface area contributed by atoms with E-state index >= 15 is 0 Å². The number of amides is 1. The van der Waals surface area contributed by atoms with Crippen molar-refractivity contribution in [3.05, 3.63) is 71.3 Å². The Balaban J connectivity index is 2.19. The number of rotatable bonds is 9. The highest BCUT2D eigenvalue weighted by Crippen LogP contribution is 2.49. The number of alkyl halides is 1. The molecule has 0 N–H and O–H groups in total. The molecule has 5 atom stereocenters. The fraction of sp³-hybridized carbons (Fsp3) is 0.552. The van der Waals surface area contributed by atoms with Crippen LogP contribution in [0.15, 0.2) is 60.7 Å². The Bertz CT molecular complexity index is 940. The second-order valence-corrected chi connectivity index (χ2v) is 13.2. The molecular weight excluding hydrogens is 481 g/mol. The minimum Gasteiger partial charge on any atom is -0.330 e. The van der Waals surface area contributed by atoms with Crippen LogP contribution < -0.4 is 0 Å². The average Bonchev–Trinajstić information content (AvgIpc) is 2.77. The lowest BCUT2D eigenvalue weighted by Gasteiger charge is -2.53. The zero-order chi connectivity index (χ0) is 25.0. The monoisotopic (exact) mass is 519 g/mol. The highest BCUT2D eigenvalue weighted by atomic mass is 35.5. The number of hydrogen-bond acceptors (Lipinski definition) is 2. The van der Waals surface area contributed by atoms with Crippen LogP contribution in [0.5, 0.6) is 0 Å². The van der Waals surface area contributed by atoms with Crippen molar-refractivity contribution in [1.29, 1.82) is 0 Å². The topological polar surface area (TPSA) is 20.3 Å². The van der Waals surface area contributed by atoms with Gasteiger partial charge in [0.2, 0.25) is 5.91 Å². The number of carbonyl (C=O) groups excluding carboxylic acids is 1. The number of likely N-dealkylation sites (tertiary alicyclic amines) is 1. The molecule has 2 aliphatic rings. The predicted octanol–water partition coefficient (Wildman–Crippen LogP) is 8.27. The number of piperidine rings is 1. The second kappa shape index (κ2) is 11.7. The van der Waals surface area contributed by atoms with Gasteiger partial charge in [0.05, 0.1) is 16.8 Å². The maximum atomic E-state index is 14.4. The van der Waals surface area contributed by atoms with E-state index in [2.05, 4.69) is 76.5 Å². The highest BCUT2D eigenvalue weighted by Gasteiger charge is 2.51. The first-order chi connectivity index (χ1) is 16.1. The van der Waals surface area contributed by atoms with Crippen LogP contribution in [0.3, 0.4) is 0 Å². The largest absolute Gasteiger partial charge is 0.330 e. The fourth-order valence-corrected chi connectivity index (χ4v) is 6.80. The van der Waals surface area contributed by atoms with Gasteiger partial charge in [-0.25, -0.2) is 0 Å². The van der Waals surface area contributed by atoms with Gasteiger partial charge in [0, 0.05) is 22.7 Å². The van der Waals surface area contributed by atoms with Gasteiger partial charge in [-0.05, 0) is 53.7 Å². The van der Waals surface area contributed by atoms with E-state index in [-0.39, 0.29) is 29.3 Å². The standard InChI is InChI=1S/C29H39Cl2NOS/c1-7-15-29(6)17-25(22-9-8-10-24(31)16-22)27(21-11-13-23(30)14-12-21)32(28(29)33)26(19(2)3)18-34-20(4)5/h7-13,16,19-20,23,25-27H,1,14-15,17-18H2,2-6H3/t23?,25-,26-,27-,29+/m1/s1. The summed E-state index contributed by atoms with van der Waals surface area (Å²) < 4.78 is 0. The van der Waals surface area contributed by atoms with Gasteiger partial charge >= 0.3 is 0 Å². The fourth-order valence-electron chi connectivity index (χ4n) is 5.31. The maximum Gasteiger partial charge on any atom is 0.229 e. The molecule has 5 heteroatoms. The molecule has 34 heavy (non-hydrogen) atoms. The molecule has 1 unspecified atom stereocenters. The molecular formula is C29H39Cl2NOS. The van der Waals surface area contributed by atoms with Crippen LogP contribution >= 0.6 is 35.0 Å². The van der Waals surface area contributed by atoms with Crippen molar-refractivity contribution in [1.82, 2.24) is 4.90 Å². The first-order valence-electron chi connectivity index (χ1n) is 12.4. The van der Waals surface area contributed by atoms with Crippen molar-refractivity contribution in [3.8, 4) is 0 Å². The smallest absolute Gasteiger partial charge is 0.229 e. The van der Waals surface area contributed by atoms with Crippen LogP contribution in [0.25, 0.3) is 0 Å². The Morgan fingerprint density at radius 2 is 2.03 bits per heavy atom. The lowest BCUT2D eigenvalue weighted by Crippen LogP contribution is -2.61. The minimum atomic E-state index is -0.505. The molecule has 1 aliphatic carbocycles. The van der Waals surface area contributed by atoms with Gasteiger partial charge in [0.15, 0.2) is 0 Å². The summed E-state index contributed by atoms with van der Waals surface area (Å²) in [6, 6.07) is 8.25. The highest BCUT2D eigenvalue weighted by molar-refractivity contribution is 7.99. The first kappa shape index (κ1) is 27.4. The zero-order valence-corrected chi connectivity index (χ0v) is 23.5. The number of halogens is 2. The van der Waals surface area contributed by atoms with Crippen LogP contribution in [0.1, 0.15) is 65.4 Å². The van der Waals surface area contributed by atoms with Crippen LogP contribution in [0.4, 0.5) is 0 Å². The summed E-state index contributed by atoms with van der Waals surface area (Å²) in [5.74, 6) is 1.62. The zero-order valence-electron chi connectivity index (χ0n) is 21.1. The summed E-state index contributed by atoms with van der Waals surface area (Å²) >= 11 is 14.8. The lowest BCUT2D eigenvalue weighted by molar-refractivity contribution is -0.153. The molecule has 0 saturated carbocycles. The molecule has 0 bridgehead atoms. The molecule has 186 valence electrons. The van der Waals surface area contributed by atoms with E-state index in [0.717, 1.165) is 23.6 Å². The number of benzene rings is 1. The molecule has 0 spiro atoms. The third kappa shape index (κ3) is 6.15. The van der Waals surface area contributed by atoms with Crippen molar-refractivity contribution < 1.29 is 4.79 Å². The van der Waals surface area contributed by atoms with Crippen LogP contribution in [-0.2, 0) is 4.79 Å². The molecule has 1 aromatic rings. The molecule has 1 saturated heterocycles. The molecule has 0 aromatic heterocycles. The molecule has 3 rings (SSSR count). The van der Waals surface area contributed by atoms with Crippen molar-refractivity contribution in [2.45, 2.75) is 82.5 Å². The van der Waals surface area contributed by atoms with Crippen molar-refractivity contribution in [2.75, 3.05) is 5.75 Å². The molecule has 1 aromatic carbocycles. The SMILES string of the molecule is C=CC[C@@]1(C)C[C@H](c2cccc(Cl)c2)[C@@H](C2=CCC(Cl)C=C2)N([C@H](CSC(C)C)C(C)C)C1=O. The maximum absolute atomic E-state index is 14.4. The minimum absolute atomic E-state index is 0.00420. The first-order valence-corrected chi connectivity index (χ1v) is 14.3. The summed E-state index contributed by atoms with van der Waals surface area (Å²) in [6.45, 7) is 15.0. The third-order valence-electron chi connectivity index (χ3n) is 7.12. The summed E-state index contributed by atoms with van der Waals surface area (Å²) in [6.07, 6.45) is 10.6. The number of carbonyl (C=O) groups is 1. The van der Waals surface area contributed by atoms with Crippen LogP contribution in [0.2, 0.25) is 5.02 Å². The van der Waals surface area contributed by atoms with Gasteiger partial charge in [0.1, 0.15) is 0 Å². The van der Waals surface area contributed by atoms with Gasteiger partial charge in [-0.1, -0.05) is 82.7 Å². The Hall–Kier alpha value is -1.16. The van der Waals surface area contributed by atoms with Gasteiger partial charge < -0.3 is 4.90 Å². The normalized spacial score (nSPS) is 28.4. The molecule has 1 heterocycles. The number of thioether (sulfide) groups is 1. The summed E-state index contributed by atoms with van der Waals surface area (Å²) in [5.41, 5.74) is 1.87. The number of nitrogens with zero attached hydrogens (tertiary/aromatic N) is 1. The van der Waals surface area contributed by atoms with Gasteiger partial charge in [-0.2, -0.15) is 11.8 Å². The van der Waals surface area contributed by atoms with Crippen molar-refractivity contribution >= 4 is 40.9 Å². The Kier molecular flexibility index (Phi) is 9.45. The Morgan fingerprint density at radius 1 is 1.29 bits per heavy atom. The van der Waals surface area contributed by atoms with Gasteiger partial charge in [-0.3, -0.25) is 4.79 Å². The molecule has 1 aliphatic heterocycles. The van der Waals surface area contributed by atoms with Crippen molar-refractivity contribution in [2.24, 2.45) is 11.3 Å². The Labute approximate surface area is 220 Å². The van der Waals surface area contributed by atoms with E-state index in [9.17, 15) is 4.79 Å². The molecule has 2 nitrogen and oxygen atoms in total. The molecule has 1 fully saturated rings. The summed E-state index contributed by atoms with van der Waals surface area (Å²) in [5, 5.41) is 1.24. The van der Waals surface area contributed by atoms with E-state index in [1.54, 1.807) is 0 Å². The van der Waals surface area contributed by atoms with E-state index in [4.69, 9.17) is 23.2 Å². The summed E-state index contributed by atoms with van der Waals surface area (Å²) in [7, 11) is 0. The Morgan fingerprint density at radius 3 is 2.59 bits per heavy atom. The average molecular weight is 521 g/mol. The van der Waals surface area contributed by atoms with Gasteiger partial charge in [0.25, 0.3) is 0 Å². The van der Waals surface area contributed by atoms with E-state index in [1.165, 1.54) is 11.1 Å². The van der Waals surface area contributed by atoms with E-state index in [1.807, 2.05) is 30.0 Å². The van der Waals surface area contributed by atoms with Crippen LogP contribution in [-0.4, -0.2) is 39.3 Å². The number of hydrogen-bond donors (Lipinski definition) is 0. The van der Waals surface area contributed by atoms with Crippen LogP contribution in [0, 0.1) is 11.3 Å².